The molecule has 10 rings (SSSR count). The predicted molar refractivity (Wildman–Crippen MR) is 545 cm³/mol. The van der Waals surface area contributed by atoms with Gasteiger partial charge in [-0.15, -0.1) is 11.3 Å². The number of amides is 18. The van der Waals surface area contributed by atoms with Gasteiger partial charge in [-0.1, -0.05) is 130 Å². The first kappa shape index (κ1) is 116. The van der Waals surface area contributed by atoms with E-state index in [1.807, 2.05) is 18.2 Å². The first-order valence-corrected chi connectivity index (χ1v) is 51.1. The van der Waals surface area contributed by atoms with Crippen LogP contribution in [0, 0.1) is 12.3 Å². The Balaban J connectivity index is 1.06. The number of aromatic carboxylic acids is 1. The molecule has 3 spiro atoms. The lowest BCUT2D eigenvalue weighted by molar-refractivity contribution is -0.146. The minimum atomic E-state index is -2.24. The quantitative estimate of drug-likeness (QED) is 0.0595. The molecule has 0 radical (unpaired) electrons. The maximum absolute atomic E-state index is 16.2. The van der Waals surface area contributed by atoms with Crippen LogP contribution in [-0.2, 0) is 122 Å². The number of cyclic esters (lactones) is 1. The molecule has 20 N–H and O–H groups in total. The van der Waals surface area contributed by atoms with Crippen LogP contribution in [-0.4, -0.2) is 271 Å². The van der Waals surface area contributed by atoms with Crippen LogP contribution in [0.1, 0.15) is 222 Å². The maximum atomic E-state index is 16.2. The molecular weight excluding hydrogens is 1950 g/mol. The molecule has 4 aromatic carbocycles. The van der Waals surface area contributed by atoms with Crippen LogP contribution in [0.2, 0.25) is 0 Å². The van der Waals surface area contributed by atoms with E-state index in [-0.39, 0.29) is 153 Å². The summed E-state index contributed by atoms with van der Waals surface area (Å²) < 4.78 is 6.73. The van der Waals surface area contributed by atoms with E-state index in [1.54, 1.807) is 118 Å². The van der Waals surface area contributed by atoms with Crippen molar-refractivity contribution in [2.45, 2.75) is 305 Å². The smallest absolute Gasteiger partial charge is 0.409 e. The zero-order chi connectivity index (χ0) is 109. The van der Waals surface area contributed by atoms with Gasteiger partial charge in [0.1, 0.15) is 88.6 Å². The van der Waals surface area contributed by atoms with Crippen molar-refractivity contribution in [3.63, 3.8) is 0 Å². The highest BCUT2D eigenvalue weighted by molar-refractivity contribution is 7.17. The fourth-order valence-corrected chi connectivity index (χ4v) is 19.7. The van der Waals surface area contributed by atoms with Crippen molar-refractivity contribution in [1.82, 2.24) is 89.6 Å². The molecule has 18 amide bonds. The Hall–Kier alpha value is -15.0. The summed E-state index contributed by atoms with van der Waals surface area (Å²) in [6.45, 7) is 11.9. The number of nitrogens with two attached hydrogens (primary N) is 1. The molecule has 3 bridgehead atoms. The van der Waals surface area contributed by atoms with Gasteiger partial charge in [-0.25, -0.2) is 9.59 Å². The maximum Gasteiger partial charge on any atom is 0.409 e. The zero-order valence-electron chi connectivity index (χ0n) is 85.3. The third-order valence-corrected chi connectivity index (χ3v) is 28.1. The van der Waals surface area contributed by atoms with Crippen molar-refractivity contribution in [3.8, 4) is 0 Å². The molecule has 3 fully saturated rings. The molecule has 5 aromatic rings. The summed E-state index contributed by atoms with van der Waals surface area (Å²) in [5.41, 5.74) is -1.48. The highest BCUT2D eigenvalue weighted by Crippen LogP contribution is 2.36. The number of carboxylic acids is 3. The zero-order valence-corrected chi connectivity index (χ0v) is 86.1. The van der Waals surface area contributed by atoms with Gasteiger partial charge in [-0.2, -0.15) is 0 Å². The van der Waals surface area contributed by atoms with Gasteiger partial charge in [0.05, 0.1) is 31.6 Å². The number of hydrogen-bond donors (Lipinski definition) is 19. The number of rotatable bonds is 17. The Morgan fingerprint density at radius 3 is 1.73 bits per heavy atom. The summed E-state index contributed by atoms with van der Waals surface area (Å²) in [7, 11) is 0. The van der Waals surface area contributed by atoms with Gasteiger partial charge in [0.15, 0.2) is 0 Å². The van der Waals surface area contributed by atoms with E-state index in [0.717, 1.165) is 9.60 Å². The van der Waals surface area contributed by atoms with Crippen LogP contribution in [0.5, 0.6) is 0 Å². The fraction of sp³-hybridized carbons (Fsp3) is 0.514. The third kappa shape index (κ3) is 33.0. The minimum absolute atomic E-state index is 0.00296. The van der Waals surface area contributed by atoms with E-state index in [2.05, 4.69) is 79.8 Å². The summed E-state index contributed by atoms with van der Waals surface area (Å²) in [4.78, 5) is 310. The molecule has 0 saturated carbocycles. The van der Waals surface area contributed by atoms with E-state index >= 15 is 43.2 Å². The van der Waals surface area contributed by atoms with E-state index in [9.17, 15) is 72.9 Å². The van der Waals surface area contributed by atoms with Gasteiger partial charge in [0.2, 0.25) is 100 Å². The second-order valence-corrected chi connectivity index (χ2v) is 41.4. The topological polar surface area (TPSA) is 641 Å². The molecule has 804 valence electrons. The van der Waals surface area contributed by atoms with Gasteiger partial charge in [0.25, 0.3) is 0 Å². The molecule has 14 atom stereocenters. The summed E-state index contributed by atoms with van der Waals surface area (Å²) in [5.74, 6) is -21.4. The first-order chi connectivity index (χ1) is 70.6. The molecule has 3 saturated heterocycles. The van der Waals surface area contributed by atoms with Crippen LogP contribution < -0.4 is 85.5 Å². The van der Waals surface area contributed by atoms with Gasteiger partial charge in [0, 0.05) is 63.4 Å². The van der Waals surface area contributed by atoms with Gasteiger partial charge < -0.3 is 115 Å². The minimum Gasteiger partial charge on any atom is -0.481 e. The van der Waals surface area contributed by atoms with Crippen LogP contribution in [0.15, 0.2) is 133 Å². The molecule has 6 heterocycles. The number of ether oxygens (including phenoxy) is 1. The Bertz CT molecular complexity index is 5860. The van der Waals surface area contributed by atoms with Crippen molar-refractivity contribution in [1.29, 1.82) is 0 Å². The largest absolute Gasteiger partial charge is 0.481 e. The predicted octanol–water partition coefficient (Wildman–Crippen LogP) is 2.98. The lowest BCUT2D eigenvalue weighted by Gasteiger charge is -2.38. The van der Waals surface area contributed by atoms with Gasteiger partial charge in [-0.3, -0.25) is 91.1 Å². The average Bonchev–Trinajstić information content (AvgIpc) is 1.64. The van der Waals surface area contributed by atoms with Crippen molar-refractivity contribution in [2.75, 3.05) is 32.8 Å². The number of allylic oxidation sites excluding steroid dienone is 3. The number of carbonyl (C=O) groups excluding carboxylic acids is 18. The SMILES string of the molecule is CC(=O)N1CCC[C@]12C/C=C\CCC[C@]1(CCC/C=C/CCCOC(=O)N3CC[C@@]4(C3)NC(=O)[C@H](CCCCNC(=O)CC[C@@H](C(=O)N[C@@H](C)C(N)=O)NC(=O)[C@H](Cc3csc5ccccc35)NC(=O)[C@H](Cc3ccccc3C)NC4=O)NC(=O)[C@H](Cc3ccccc3)NC(=O)[C@H](C)NC(=O)C(C)(C)NC(=O)[C@H](Cc3cccc(C(=O)O)c3)NC(=O)[C@H](CC(=O)O)NC1=O)NC(=O)[C@H](CC(C)(C)C)NC(=O)[C@H](CC(=O)O)NC2=O. The standard InChI is InChI=1S/C105H138N18O25S/c1-61-31-19-20-35-67(61)54-76-89(135)114-75(55-69-59-149-80-39-22-21-37-70(69)80)88(134)111-72(86(132)108-62(2)84(106)130)40-41-81(125)107-47-27-23-38-71-92(138)121-104(98(145)116-76)46-49-122(60-104)100(147)148-50-28-15-11-10-12-24-42-103(43-25-13-14-26-44-105(45-30-48-123(105)64(4)124)99(146)118-78(57-83(128)129)91(137)115-79(94(140)120-103)58-101(5,6)7)97(144)117-77(56-82(126)127)90(136)113-74(53-66-34-29-36-68(51-66)95(141)142)93(139)119-102(8,9)96(143)109-63(3)85(131)112-73(87(133)110-71)52-65-32-17-16-18-33-65/h10-11,14,16-22,26,29,31-37,39,51,59,62-63,71-79H,12-13,15,23-25,27-28,30,38,40-50,52-58,60H2,1-9H3,(H2,106,130)(H,107,125)(H,108,132)(H,109,143)(H,110,133)(H,111,134)(H,112,131)(H,113,136)(H,114,135)(H,115,137)(H,116,145)(H,117,144)(H,118,146)(H,119,139)(H,120,140)(H,121,138)(H,126,127)(H,128,129)(H,141,142)/b11-10+,26-14-/t62-,63-,71-,72-,73-,74-,75-,76-,77-,78-,79-,103-,104-,105-/m0/s1. The molecule has 1 aromatic heterocycles. The molecule has 43 nitrogen and oxygen atoms in total. The number of thiophene rings is 1. The highest BCUT2D eigenvalue weighted by Gasteiger charge is 2.53. The second-order valence-electron chi connectivity index (χ2n) is 40.5. The van der Waals surface area contributed by atoms with Crippen molar-refractivity contribution >= 4 is 146 Å². The van der Waals surface area contributed by atoms with E-state index in [4.69, 9.17) is 10.5 Å². The van der Waals surface area contributed by atoms with Crippen molar-refractivity contribution in [2.24, 2.45) is 11.1 Å². The molecule has 5 aliphatic heterocycles. The van der Waals surface area contributed by atoms with Gasteiger partial charge in [-0.05, 0) is 206 Å². The Labute approximate surface area is 866 Å². The Morgan fingerprint density at radius 2 is 1.07 bits per heavy atom. The highest BCUT2D eigenvalue weighted by atomic mass is 32.1. The Morgan fingerprint density at radius 1 is 0.523 bits per heavy atom. The van der Waals surface area contributed by atoms with Crippen LogP contribution in [0.25, 0.3) is 10.1 Å². The molecule has 44 heteroatoms. The third-order valence-electron chi connectivity index (χ3n) is 27.1. The molecule has 5 aliphatic rings. The number of likely N-dealkylation sites (tertiary alicyclic amines) is 1. The summed E-state index contributed by atoms with van der Waals surface area (Å²) in [6, 6.07) is 8.98. The summed E-state index contributed by atoms with van der Waals surface area (Å²) >= 11 is 1.35. The Kier molecular flexibility index (Phi) is 41.3. The lowest BCUT2D eigenvalue weighted by atomic mass is 9.83. The normalized spacial score (nSPS) is 26.4. The number of benzene rings is 4. The lowest BCUT2D eigenvalue weighted by Crippen LogP contribution is -2.66. The summed E-state index contributed by atoms with van der Waals surface area (Å²) in [6.07, 6.45) is 0.719. The van der Waals surface area contributed by atoms with Crippen LogP contribution in [0.4, 0.5) is 4.79 Å². The van der Waals surface area contributed by atoms with E-state index < -0.39 is 257 Å². The van der Waals surface area contributed by atoms with E-state index in [1.165, 1.54) is 75.1 Å². The summed E-state index contributed by atoms with van der Waals surface area (Å²) in [5, 5.41) is 73.9. The number of carbonyl (C=O) groups is 21. The van der Waals surface area contributed by atoms with Crippen molar-refractivity contribution in [3.05, 3.63) is 166 Å². The molecular formula is C105H138N18O25S. The molecule has 0 aliphatic carbocycles. The van der Waals surface area contributed by atoms with Crippen LogP contribution >= 0.6 is 11.3 Å². The number of fused-ring (bicyclic) bond motifs is 4. The molecule has 149 heavy (non-hydrogen) atoms. The number of hydrogen-bond acceptors (Lipinski definition) is 23. The monoisotopic (exact) mass is 2080 g/mol. The molecule has 0 unspecified atom stereocenters. The number of aryl methyl sites for hydroxylation is 1. The number of nitrogens with one attached hydrogen (secondary N) is 15. The van der Waals surface area contributed by atoms with Gasteiger partial charge >= 0.3 is 24.0 Å². The second kappa shape index (κ2) is 53.0. The number of nitrogens with zero attached hydrogens (tertiary/aromatic N) is 2. The first-order valence-electron chi connectivity index (χ1n) is 50.3. The number of aliphatic carboxylic acids is 2. The number of carboxylic acid groups (broad SMARTS) is 3. The van der Waals surface area contributed by atoms with E-state index in [0.29, 0.717) is 34.1 Å². The average molecular weight is 2080 g/mol. The van der Waals surface area contributed by atoms with Crippen molar-refractivity contribution < 1.29 is 121 Å². The van der Waals surface area contributed by atoms with Crippen LogP contribution in [0.3, 0.4) is 0 Å². The number of primary amides is 1. The fourth-order valence-electron chi connectivity index (χ4n) is 18.7.